The highest BCUT2D eigenvalue weighted by molar-refractivity contribution is 6.39. The molecule has 1 N–H and O–H groups in total. The largest absolute Gasteiger partial charge is 0.497 e. The van der Waals surface area contributed by atoms with Crippen molar-refractivity contribution in [2.45, 2.75) is 13.3 Å². The van der Waals surface area contributed by atoms with Gasteiger partial charge in [0.2, 0.25) is 0 Å². The van der Waals surface area contributed by atoms with Crippen molar-refractivity contribution in [3.05, 3.63) is 69.4 Å². The molecule has 0 aliphatic heterocycles. The standard InChI is InChI=1S/C20H18Cl2N2O3/c1-12-17(19(24-27-12)18-15(21)4-3-5-16(18)22)20(25)23-11-10-13-6-8-14(26-2)9-7-13/h3-9H,10-11H2,1-2H3,(H,23,25). The Labute approximate surface area is 167 Å². The summed E-state index contributed by atoms with van der Waals surface area (Å²) in [5.74, 6) is 0.917. The van der Waals surface area contributed by atoms with Gasteiger partial charge in [-0.05, 0) is 43.2 Å². The highest BCUT2D eigenvalue weighted by atomic mass is 35.5. The Morgan fingerprint density at radius 3 is 2.44 bits per heavy atom. The summed E-state index contributed by atoms with van der Waals surface area (Å²) in [5.41, 5.74) is 2.25. The van der Waals surface area contributed by atoms with Crippen LogP contribution >= 0.6 is 23.2 Å². The number of nitrogens with zero attached hydrogens (tertiary/aromatic N) is 1. The summed E-state index contributed by atoms with van der Waals surface area (Å²) in [6, 6.07) is 12.8. The number of ether oxygens (including phenoxy) is 1. The van der Waals surface area contributed by atoms with Crippen molar-refractivity contribution in [2.75, 3.05) is 13.7 Å². The predicted octanol–water partition coefficient (Wildman–Crippen LogP) is 4.94. The van der Waals surface area contributed by atoms with E-state index in [2.05, 4.69) is 10.5 Å². The van der Waals surface area contributed by atoms with Crippen LogP contribution in [0.3, 0.4) is 0 Å². The van der Waals surface area contributed by atoms with E-state index in [0.29, 0.717) is 45.6 Å². The number of nitrogens with one attached hydrogen (secondary N) is 1. The fourth-order valence-corrected chi connectivity index (χ4v) is 3.31. The third kappa shape index (κ3) is 4.26. The smallest absolute Gasteiger partial charge is 0.257 e. The van der Waals surface area contributed by atoms with E-state index in [4.69, 9.17) is 32.5 Å². The van der Waals surface area contributed by atoms with E-state index in [9.17, 15) is 4.79 Å². The minimum atomic E-state index is -0.284. The lowest BCUT2D eigenvalue weighted by atomic mass is 10.1. The van der Waals surface area contributed by atoms with Crippen LogP contribution in [0.1, 0.15) is 21.7 Å². The van der Waals surface area contributed by atoms with Gasteiger partial charge in [-0.3, -0.25) is 4.79 Å². The molecule has 0 unspecified atom stereocenters. The van der Waals surface area contributed by atoms with Gasteiger partial charge in [0.05, 0.1) is 17.2 Å². The maximum atomic E-state index is 12.7. The quantitative estimate of drug-likeness (QED) is 0.631. The van der Waals surface area contributed by atoms with Gasteiger partial charge in [0.15, 0.2) is 0 Å². The first-order chi connectivity index (χ1) is 13.0. The zero-order valence-corrected chi connectivity index (χ0v) is 16.4. The number of benzene rings is 2. The Morgan fingerprint density at radius 2 is 1.81 bits per heavy atom. The molecule has 3 rings (SSSR count). The molecule has 5 nitrogen and oxygen atoms in total. The number of hydrogen-bond donors (Lipinski definition) is 1. The van der Waals surface area contributed by atoms with Crippen molar-refractivity contribution in [3.8, 4) is 17.0 Å². The Morgan fingerprint density at radius 1 is 1.15 bits per heavy atom. The molecular formula is C20H18Cl2N2O3. The van der Waals surface area contributed by atoms with E-state index >= 15 is 0 Å². The number of methoxy groups -OCH3 is 1. The number of hydrogen-bond acceptors (Lipinski definition) is 4. The van der Waals surface area contributed by atoms with Crippen LogP contribution in [0.15, 0.2) is 47.0 Å². The van der Waals surface area contributed by atoms with Gasteiger partial charge in [-0.15, -0.1) is 0 Å². The molecule has 0 radical (unpaired) electrons. The van der Waals surface area contributed by atoms with Crippen LogP contribution in [0, 0.1) is 6.92 Å². The van der Waals surface area contributed by atoms with E-state index in [1.807, 2.05) is 24.3 Å². The second-order valence-electron chi connectivity index (χ2n) is 5.91. The molecule has 2 aromatic carbocycles. The number of carbonyl (C=O) groups is 1. The van der Waals surface area contributed by atoms with Crippen LogP contribution in [-0.2, 0) is 6.42 Å². The van der Waals surface area contributed by atoms with Crippen LogP contribution < -0.4 is 10.1 Å². The van der Waals surface area contributed by atoms with E-state index in [1.165, 1.54) is 0 Å². The molecule has 1 amide bonds. The lowest BCUT2D eigenvalue weighted by Crippen LogP contribution is -2.26. The number of rotatable bonds is 6. The lowest BCUT2D eigenvalue weighted by Gasteiger charge is -2.08. The molecule has 3 aromatic rings. The van der Waals surface area contributed by atoms with Crippen LogP contribution in [0.2, 0.25) is 10.0 Å². The first-order valence-corrected chi connectivity index (χ1v) is 9.08. The second-order valence-corrected chi connectivity index (χ2v) is 6.73. The van der Waals surface area contributed by atoms with E-state index in [1.54, 1.807) is 32.2 Å². The summed E-state index contributed by atoms with van der Waals surface area (Å²) in [6.45, 7) is 2.14. The second kappa shape index (κ2) is 8.46. The van der Waals surface area contributed by atoms with E-state index in [0.717, 1.165) is 11.3 Å². The zero-order chi connectivity index (χ0) is 19.4. The van der Waals surface area contributed by atoms with Crippen molar-refractivity contribution < 1.29 is 14.1 Å². The molecular weight excluding hydrogens is 387 g/mol. The summed E-state index contributed by atoms with van der Waals surface area (Å²) in [7, 11) is 1.62. The molecule has 27 heavy (non-hydrogen) atoms. The molecule has 0 aliphatic rings. The summed E-state index contributed by atoms with van der Waals surface area (Å²) < 4.78 is 10.4. The average molecular weight is 405 g/mol. The Balaban J connectivity index is 1.74. The van der Waals surface area contributed by atoms with Gasteiger partial charge in [-0.1, -0.05) is 46.6 Å². The highest BCUT2D eigenvalue weighted by Gasteiger charge is 2.24. The monoisotopic (exact) mass is 404 g/mol. The average Bonchev–Trinajstić information content (AvgIpc) is 3.03. The van der Waals surface area contributed by atoms with Gasteiger partial charge in [0, 0.05) is 12.1 Å². The third-order valence-corrected chi connectivity index (χ3v) is 4.78. The van der Waals surface area contributed by atoms with E-state index < -0.39 is 0 Å². The Hall–Kier alpha value is -2.50. The van der Waals surface area contributed by atoms with Crippen molar-refractivity contribution in [1.29, 1.82) is 0 Å². The molecule has 0 saturated heterocycles. The fourth-order valence-electron chi connectivity index (χ4n) is 2.74. The van der Waals surface area contributed by atoms with Crippen molar-refractivity contribution in [3.63, 3.8) is 0 Å². The topological polar surface area (TPSA) is 64.4 Å². The molecule has 0 bridgehead atoms. The van der Waals surface area contributed by atoms with Crippen molar-refractivity contribution >= 4 is 29.1 Å². The number of carbonyl (C=O) groups excluding carboxylic acids is 1. The molecule has 0 fully saturated rings. The van der Waals surface area contributed by atoms with Crippen LogP contribution in [0.25, 0.3) is 11.3 Å². The van der Waals surface area contributed by atoms with Gasteiger partial charge in [-0.25, -0.2) is 0 Å². The molecule has 0 saturated carbocycles. The molecule has 7 heteroatoms. The summed E-state index contributed by atoms with van der Waals surface area (Å²) in [6.07, 6.45) is 0.683. The number of aryl methyl sites for hydroxylation is 1. The lowest BCUT2D eigenvalue weighted by molar-refractivity contribution is 0.0953. The predicted molar refractivity (Wildman–Crippen MR) is 106 cm³/mol. The normalized spacial score (nSPS) is 10.7. The first kappa shape index (κ1) is 19.3. The van der Waals surface area contributed by atoms with Crippen molar-refractivity contribution in [1.82, 2.24) is 10.5 Å². The highest BCUT2D eigenvalue weighted by Crippen LogP contribution is 2.36. The van der Waals surface area contributed by atoms with Gasteiger partial charge in [-0.2, -0.15) is 0 Å². The summed E-state index contributed by atoms with van der Waals surface area (Å²) >= 11 is 12.5. The van der Waals surface area contributed by atoms with Crippen LogP contribution in [-0.4, -0.2) is 24.7 Å². The van der Waals surface area contributed by atoms with E-state index in [-0.39, 0.29) is 5.91 Å². The van der Waals surface area contributed by atoms with Gasteiger partial charge >= 0.3 is 0 Å². The Bertz CT molecular complexity index is 932. The molecule has 140 valence electrons. The SMILES string of the molecule is COc1ccc(CCNC(=O)c2c(-c3c(Cl)cccc3Cl)noc2C)cc1. The van der Waals surface area contributed by atoms with Crippen LogP contribution in [0.4, 0.5) is 0 Å². The van der Waals surface area contributed by atoms with Gasteiger partial charge in [0.25, 0.3) is 5.91 Å². The number of amides is 1. The maximum Gasteiger partial charge on any atom is 0.257 e. The Kier molecular flexibility index (Phi) is 6.04. The number of halogens is 2. The maximum absolute atomic E-state index is 12.7. The van der Waals surface area contributed by atoms with Crippen molar-refractivity contribution in [2.24, 2.45) is 0 Å². The zero-order valence-electron chi connectivity index (χ0n) is 14.9. The third-order valence-electron chi connectivity index (χ3n) is 4.15. The number of aromatic nitrogens is 1. The summed E-state index contributed by atoms with van der Waals surface area (Å²) in [4.78, 5) is 12.7. The van der Waals surface area contributed by atoms with Gasteiger partial charge in [0.1, 0.15) is 22.8 Å². The van der Waals surface area contributed by atoms with Crippen LogP contribution in [0.5, 0.6) is 5.75 Å². The van der Waals surface area contributed by atoms with Gasteiger partial charge < -0.3 is 14.6 Å². The minimum Gasteiger partial charge on any atom is -0.497 e. The molecule has 1 heterocycles. The summed E-state index contributed by atoms with van der Waals surface area (Å²) in [5, 5.41) is 7.70. The minimum absolute atomic E-state index is 0.284. The molecule has 0 spiro atoms. The molecule has 0 atom stereocenters. The fraction of sp³-hybridized carbons (Fsp3) is 0.200. The molecule has 1 aromatic heterocycles. The molecule has 0 aliphatic carbocycles. The first-order valence-electron chi connectivity index (χ1n) is 8.33.